The van der Waals surface area contributed by atoms with Gasteiger partial charge in [0.1, 0.15) is 18.4 Å². The number of benzene rings is 3. The highest BCUT2D eigenvalue weighted by atomic mass is 19.4. The summed E-state index contributed by atoms with van der Waals surface area (Å²) in [6.45, 7) is -0.687. The highest BCUT2D eigenvalue weighted by Crippen LogP contribution is 2.46. The minimum absolute atomic E-state index is 0.0971. The number of rotatable bonds is 7. The summed E-state index contributed by atoms with van der Waals surface area (Å²) >= 11 is 0. The molecular formula is C30H25F4N3O5. The monoisotopic (exact) mass is 583 g/mol. The summed E-state index contributed by atoms with van der Waals surface area (Å²) in [6, 6.07) is 14.2. The average Bonchev–Trinajstić information content (AvgIpc) is 3.43. The fraction of sp³-hybridized carbons (Fsp3) is 0.267. The Hall–Kier alpha value is -4.74. The smallest absolute Gasteiger partial charge is 0.418 e. The number of imide groups is 1. The molecule has 1 unspecified atom stereocenters. The van der Waals surface area contributed by atoms with Crippen LogP contribution in [0.2, 0.25) is 0 Å². The number of fused-ring (bicyclic) bond motifs is 2. The molecule has 4 amide bonds. The number of halogens is 4. The Bertz CT molecular complexity index is 1570. The maximum absolute atomic E-state index is 13.7. The summed E-state index contributed by atoms with van der Waals surface area (Å²) in [5.41, 5.74) is 6.90. The Morgan fingerprint density at radius 3 is 2.29 bits per heavy atom. The van der Waals surface area contributed by atoms with E-state index in [0.29, 0.717) is 27.3 Å². The largest absolute Gasteiger partial charge is 0.427 e. The highest BCUT2D eigenvalue weighted by molar-refractivity contribution is 6.06. The summed E-state index contributed by atoms with van der Waals surface area (Å²) < 4.78 is 59.8. The van der Waals surface area contributed by atoms with E-state index in [1.54, 1.807) is 36.4 Å². The number of nitrogens with zero attached hydrogens (tertiary/aromatic N) is 2. The van der Waals surface area contributed by atoms with E-state index in [-0.39, 0.29) is 12.0 Å². The van der Waals surface area contributed by atoms with Gasteiger partial charge in [0.05, 0.1) is 0 Å². The first kappa shape index (κ1) is 28.8. The predicted molar refractivity (Wildman–Crippen MR) is 141 cm³/mol. The SMILES string of the molecule is CC(N(Cc1ccc(F)cc1)C(=O)CN1C(=O)O[C@@]2(CCc3cc(-c4ccc(C(N)=O)cc4)ccc32)C1=O)C(F)(F)F. The zero-order valence-corrected chi connectivity index (χ0v) is 22.3. The molecule has 8 nitrogen and oxygen atoms in total. The van der Waals surface area contributed by atoms with Crippen molar-refractivity contribution in [2.45, 2.75) is 44.1 Å². The van der Waals surface area contributed by atoms with Gasteiger partial charge in [-0.25, -0.2) is 14.1 Å². The molecule has 1 aliphatic carbocycles. The second-order valence-electron chi connectivity index (χ2n) is 10.3. The minimum atomic E-state index is -4.80. The number of carbonyl (C=O) groups excluding carboxylic acids is 4. The number of primary amides is 1. The van der Waals surface area contributed by atoms with Crippen LogP contribution in [-0.2, 0) is 32.9 Å². The normalized spacial score (nSPS) is 18.6. The zero-order chi connectivity index (χ0) is 30.4. The molecule has 2 N–H and O–H groups in total. The van der Waals surface area contributed by atoms with Gasteiger partial charge in [0.25, 0.3) is 5.91 Å². The summed E-state index contributed by atoms with van der Waals surface area (Å²) in [6.07, 6.45) is -5.46. The van der Waals surface area contributed by atoms with Crippen LogP contribution in [-0.4, -0.2) is 52.4 Å². The average molecular weight is 584 g/mol. The first-order valence-electron chi connectivity index (χ1n) is 13.0. The van der Waals surface area contributed by atoms with Crippen molar-refractivity contribution in [1.82, 2.24) is 9.80 Å². The first-order valence-corrected chi connectivity index (χ1v) is 13.0. The fourth-order valence-electron chi connectivity index (χ4n) is 5.29. The molecule has 1 spiro atoms. The summed E-state index contributed by atoms with van der Waals surface area (Å²) in [5.74, 6) is -3.12. The number of ether oxygens (including phenoxy) is 1. The number of carbonyl (C=O) groups is 4. The Balaban J connectivity index is 1.38. The van der Waals surface area contributed by atoms with Crippen LogP contribution in [0.5, 0.6) is 0 Å². The molecule has 5 rings (SSSR count). The molecule has 3 aromatic rings. The van der Waals surface area contributed by atoms with Crippen LogP contribution in [0, 0.1) is 5.82 Å². The van der Waals surface area contributed by atoms with Crippen molar-refractivity contribution < 1.29 is 41.5 Å². The Kier molecular flexibility index (Phi) is 7.25. The molecule has 42 heavy (non-hydrogen) atoms. The van der Waals surface area contributed by atoms with Crippen molar-refractivity contribution in [1.29, 1.82) is 0 Å². The highest BCUT2D eigenvalue weighted by Gasteiger charge is 2.58. The summed E-state index contributed by atoms with van der Waals surface area (Å²) in [5, 5.41) is 0. The van der Waals surface area contributed by atoms with Crippen LogP contribution in [0.25, 0.3) is 11.1 Å². The van der Waals surface area contributed by atoms with E-state index in [0.717, 1.165) is 35.7 Å². The number of alkyl halides is 3. The molecule has 1 aliphatic heterocycles. The van der Waals surface area contributed by atoms with Crippen LogP contribution in [0.3, 0.4) is 0 Å². The van der Waals surface area contributed by atoms with Crippen LogP contribution in [0.15, 0.2) is 66.7 Å². The Morgan fingerprint density at radius 2 is 1.67 bits per heavy atom. The van der Waals surface area contributed by atoms with Crippen LogP contribution >= 0.6 is 0 Å². The third kappa shape index (κ3) is 5.19. The molecule has 2 atom stereocenters. The minimum Gasteiger partial charge on any atom is -0.427 e. The molecule has 0 saturated carbocycles. The van der Waals surface area contributed by atoms with Gasteiger partial charge >= 0.3 is 12.3 Å². The molecule has 3 aromatic carbocycles. The van der Waals surface area contributed by atoms with Crippen molar-refractivity contribution in [3.63, 3.8) is 0 Å². The van der Waals surface area contributed by atoms with Crippen molar-refractivity contribution >= 4 is 23.8 Å². The Morgan fingerprint density at radius 1 is 1.02 bits per heavy atom. The molecular weight excluding hydrogens is 558 g/mol. The van der Waals surface area contributed by atoms with E-state index in [4.69, 9.17) is 10.5 Å². The lowest BCUT2D eigenvalue weighted by Crippen LogP contribution is -2.51. The van der Waals surface area contributed by atoms with Gasteiger partial charge < -0.3 is 15.4 Å². The van der Waals surface area contributed by atoms with Gasteiger partial charge in [0, 0.05) is 24.1 Å². The van der Waals surface area contributed by atoms with E-state index < -0.39 is 60.5 Å². The Labute approximate surface area is 237 Å². The van der Waals surface area contributed by atoms with Gasteiger partial charge in [0.2, 0.25) is 17.4 Å². The van der Waals surface area contributed by atoms with E-state index >= 15 is 0 Å². The second kappa shape index (κ2) is 10.6. The van der Waals surface area contributed by atoms with Gasteiger partial charge in [-0.15, -0.1) is 0 Å². The van der Waals surface area contributed by atoms with Crippen LogP contribution in [0.1, 0.15) is 40.4 Å². The zero-order valence-electron chi connectivity index (χ0n) is 22.3. The van der Waals surface area contributed by atoms with Crippen molar-refractivity contribution in [2.75, 3.05) is 6.54 Å². The maximum atomic E-state index is 13.7. The lowest BCUT2D eigenvalue weighted by Gasteiger charge is -2.31. The second-order valence-corrected chi connectivity index (χ2v) is 10.3. The van der Waals surface area contributed by atoms with Gasteiger partial charge in [-0.1, -0.05) is 42.5 Å². The van der Waals surface area contributed by atoms with Gasteiger partial charge in [0.15, 0.2) is 0 Å². The molecule has 2 aliphatic rings. The molecule has 1 fully saturated rings. The van der Waals surface area contributed by atoms with Crippen LogP contribution < -0.4 is 5.73 Å². The van der Waals surface area contributed by atoms with E-state index in [9.17, 15) is 36.7 Å². The molecule has 1 heterocycles. The van der Waals surface area contributed by atoms with Crippen molar-refractivity contribution in [3.05, 3.63) is 94.8 Å². The van der Waals surface area contributed by atoms with E-state index in [2.05, 4.69) is 0 Å². The molecule has 12 heteroatoms. The fourth-order valence-corrected chi connectivity index (χ4v) is 5.29. The number of amides is 4. The molecule has 218 valence electrons. The van der Waals surface area contributed by atoms with Gasteiger partial charge in [-0.05, 0) is 59.9 Å². The van der Waals surface area contributed by atoms with E-state index in [1.807, 2.05) is 6.07 Å². The molecule has 0 bridgehead atoms. The first-order chi connectivity index (χ1) is 19.8. The number of hydrogen-bond acceptors (Lipinski definition) is 5. The topological polar surface area (TPSA) is 110 Å². The van der Waals surface area contributed by atoms with Crippen molar-refractivity contribution in [3.8, 4) is 11.1 Å². The van der Waals surface area contributed by atoms with Crippen LogP contribution in [0.4, 0.5) is 22.4 Å². The molecule has 1 saturated heterocycles. The summed E-state index contributed by atoms with van der Waals surface area (Å²) in [7, 11) is 0. The standard InChI is InChI=1S/C30H25F4N3O5/c1-17(30(32,33)34)36(15-18-2-9-23(31)10-3-18)25(38)16-37-27(40)29(42-28(37)41)13-12-22-14-21(8-11-24(22)29)19-4-6-20(7-5-19)26(35)39/h2-11,14,17H,12-13,15-16H2,1H3,(H2,35,39)/t17?,29-/m1/s1. The number of aryl methyl sites for hydroxylation is 1. The quantitative estimate of drug-likeness (QED) is 0.406. The summed E-state index contributed by atoms with van der Waals surface area (Å²) in [4.78, 5) is 52.0. The predicted octanol–water partition coefficient (Wildman–Crippen LogP) is 4.69. The lowest BCUT2D eigenvalue weighted by molar-refractivity contribution is -0.187. The third-order valence-electron chi connectivity index (χ3n) is 7.68. The number of nitrogens with two attached hydrogens (primary N) is 1. The molecule has 0 radical (unpaired) electrons. The number of hydrogen-bond donors (Lipinski definition) is 1. The maximum Gasteiger partial charge on any atom is 0.418 e. The van der Waals surface area contributed by atoms with Gasteiger partial charge in [-0.3, -0.25) is 14.4 Å². The van der Waals surface area contributed by atoms with Crippen molar-refractivity contribution in [2.24, 2.45) is 5.73 Å². The van der Waals surface area contributed by atoms with Gasteiger partial charge in [-0.2, -0.15) is 13.2 Å². The molecule has 0 aromatic heterocycles. The third-order valence-corrected chi connectivity index (χ3v) is 7.68. The lowest BCUT2D eigenvalue weighted by atomic mass is 9.92. The van der Waals surface area contributed by atoms with E-state index in [1.165, 1.54) is 12.1 Å².